The van der Waals surface area contributed by atoms with Crippen LogP contribution in [0.2, 0.25) is 0 Å². The van der Waals surface area contributed by atoms with Gasteiger partial charge in [0.2, 0.25) is 0 Å². The van der Waals surface area contributed by atoms with E-state index in [0.717, 1.165) is 23.4 Å². The van der Waals surface area contributed by atoms with E-state index in [1.807, 2.05) is 25.1 Å². The number of benzene rings is 2. The number of hydrogen-bond donors (Lipinski definition) is 1. The highest BCUT2D eigenvalue weighted by atomic mass is 14.9. The van der Waals surface area contributed by atoms with E-state index < -0.39 is 0 Å². The van der Waals surface area contributed by atoms with Crippen LogP contribution in [0.4, 0.5) is 5.69 Å². The Morgan fingerprint density at radius 2 is 1.78 bits per heavy atom. The molecule has 18 heavy (non-hydrogen) atoms. The maximum Gasteiger partial charge on any atom is 0.0994 e. The summed E-state index contributed by atoms with van der Waals surface area (Å²) < 4.78 is 0. The fraction of sp³-hybridized carbons (Fsp3) is 0.188. The van der Waals surface area contributed by atoms with Gasteiger partial charge in [-0.05, 0) is 43.2 Å². The molecule has 1 N–H and O–H groups in total. The van der Waals surface area contributed by atoms with Crippen LogP contribution < -0.4 is 5.32 Å². The molecular formula is C16H16N2. The smallest absolute Gasteiger partial charge is 0.0994 e. The van der Waals surface area contributed by atoms with Gasteiger partial charge in [-0.15, -0.1) is 0 Å². The predicted octanol–water partition coefficient (Wildman–Crippen LogP) is 3.79. The summed E-state index contributed by atoms with van der Waals surface area (Å²) >= 11 is 0. The third kappa shape index (κ3) is 2.89. The molecular weight excluding hydrogens is 220 g/mol. The molecule has 2 nitrogen and oxygen atoms in total. The van der Waals surface area contributed by atoms with Gasteiger partial charge in [0, 0.05) is 12.2 Å². The van der Waals surface area contributed by atoms with E-state index in [1.165, 1.54) is 11.1 Å². The van der Waals surface area contributed by atoms with Gasteiger partial charge in [0.05, 0.1) is 11.6 Å². The van der Waals surface area contributed by atoms with Crippen molar-refractivity contribution in [2.45, 2.75) is 20.4 Å². The number of rotatable bonds is 3. The summed E-state index contributed by atoms with van der Waals surface area (Å²) in [4.78, 5) is 0. The number of nitriles is 1. The maximum atomic E-state index is 8.87. The Bertz CT molecular complexity index is 577. The summed E-state index contributed by atoms with van der Waals surface area (Å²) in [7, 11) is 0. The molecule has 0 unspecified atom stereocenters. The molecule has 2 aromatic carbocycles. The minimum Gasteiger partial charge on any atom is -0.381 e. The van der Waals surface area contributed by atoms with Crippen LogP contribution in [0.3, 0.4) is 0 Å². The Morgan fingerprint density at radius 1 is 1.06 bits per heavy atom. The quantitative estimate of drug-likeness (QED) is 0.880. The first kappa shape index (κ1) is 12.2. The molecule has 0 atom stereocenters. The third-order valence-corrected chi connectivity index (χ3v) is 2.96. The number of nitrogens with one attached hydrogen (secondary N) is 1. The first-order valence-electron chi connectivity index (χ1n) is 5.99. The van der Waals surface area contributed by atoms with Crippen LogP contribution in [0.1, 0.15) is 22.3 Å². The van der Waals surface area contributed by atoms with Crippen molar-refractivity contribution in [3.63, 3.8) is 0 Å². The molecule has 90 valence electrons. The Hall–Kier alpha value is -2.27. The van der Waals surface area contributed by atoms with Gasteiger partial charge < -0.3 is 5.32 Å². The molecule has 0 radical (unpaired) electrons. The molecule has 0 aromatic heterocycles. The molecule has 0 bridgehead atoms. The second kappa shape index (κ2) is 5.37. The van der Waals surface area contributed by atoms with E-state index in [9.17, 15) is 0 Å². The monoisotopic (exact) mass is 236 g/mol. The van der Waals surface area contributed by atoms with Gasteiger partial charge in [0.25, 0.3) is 0 Å². The Balaban J connectivity index is 2.04. The lowest BCUT2D eigenvalue weighted by Gasteiger charge is -2.08. The van der Waals surface area contributed by atoms with E-state index in [4.69, 9.17) is 5.26 Å². The van der Waals surface area contributed by atoms with E-state index in [2.05, 4.69) is 42.6 Å². The van der Waals surface area contributed by atoms with Crippen molar-refractivity contribution in [1.82, 2.24) is 0 Å². The van der Waals surface area contributed by atoms with E-state index in [0.29, 0.717) is 0 Å². The van der Waals surface area contributed by atoms with Crippen molar-refractivity contribution in [2.24, 2.45) is 0 Å². The largest absolute Gasteiger partial charge is 0.381 e. The molecule has 2 rings (SSSR count). The highest BCUT2D eigenvalue weighted by molar-refractivity contribution is 5.51. The van der Waals surface area contributed by atoms with Crippen molar-refractivity contribution in [3.8, 4) is 6.07 Å². The van der Waals surface area contributed by atoms with Gasteiger partial charge in [0.15, 0.2) is 0 Å². The number of anilines is 1. The lowest BCUT2D eigenvalue weighted by Crippen LogP contribution is -1.99. The van der Waals surface area contributed by atoms with Gasteiger partial charge in [-0.25, -0.2) is 0 Å². The predicted molar refractivity (Wildman–Crippen MR) is 74.4 cm³/mol. The van der Waals surface area contributed by atoms with Crippen molar-refractivity contribution < 1.29 is 0 Å². The van der Waals surface area contributed by atoms with E-state index in [1.54, 1.807) is 0 Å². The molecule has 0 spiro atoms. The fourth-order valence-electron chi connectivity index (χ4n) is 1.81. The van der Waals surface area contributed by atoms with Gasteiger partial charge >= 0.3 is 0 Å². The molecule has 0 amide bonds. The Morgan fingerprint density at radius 3 is 2.39 bits per heavy atom. The lowest BCUT2D eigenvalue weighted by molar-refractivity contribution is 1.14. The SMILES string of the molecule is Cc1ccc(CNc2ccc(C#N)c(C)c2)cc1. The van der Waals surface area contributed by atoms with Crippen LogP contribution >= 0.6 is 0 Å². The van der Waals surface area contributed by atoms with Gasteiger partial charge in [-0.2, -0.15) is 5.26 Å². The average molecular weight is 236 g/mol. The van der Waals surface area contributed by atoms with Crippen molar-refractivity contribution in [3.05, 3.63) is 64.7 Å². The molecule has 0 heterocycles. The summed E-state index contributed by atoms with van der Waals surface area (Å²) in [5.41, 5.74) is 5.31. The molecule has 2 aromatic rings. The zero-order valence-corrected chi connectivity index (χ0v) is 10.7. The van der Waals surface area contributed by atoms with Crippen LogP contribution in [0.25, 0.3) is 0 Å². The lowest BCUT2D eigenvalue weighted by atomic mass is 10.1. The Kier molecular flexibility index (Phi) is 3.64. The summed E-state index contributed by atoms with van der Waals surface area (Å²) in [6.07, 6.45) is 0. The topological polar surface area (TPSA) is 35.8 Å². The minimum atomic E-state index is 0.732. The Labute approximate surface area is 108 Å². The highest BCUT2D eigenvalue weighted by Crippen LogP contribution is 2.15. The van der Waals surface area contributed by atoms with Crippen molar-refractivity contribution >= 4 is 5.69 Å². The molecule has 0 aliphatic rings. The molecule has 0 saturated heterocycles. The van der Waals surface area contributed by atoms with Crippen LogP contribution in [-0.4, -0.2) is 0 Å². The van der Waals surface area contributed by atoms with Crippen LogP contribution in [0, 0.1) is 25.2 Å². The fourth-order valence-corrected chi connectivity index (χ4v) is 1.81. The molecule has 2 heteroatoms. The molecule has 0 fully saturated rings. The van der Waals surface area contributed by atoms with Crippen LogP contribution in [0.15, 0.2) is 42.5 Å². The second-order valence-corrected chi connectivity index (χ2v) is 4.48. The first-order valence-corrected chi connectivity index (χ1v) is 5.99. The third-order valence-electron chi connectivity index (χ3n) is 2.96. The standard InChI is InChI=1S/C16H16N2/c1-12-3-5-14(6-4-12)11-18-16-8-7-15(10-17)13(2)9-16/h3-9,18H,11H2,1-2H3. The van der Waals surface area contributed by atoms with Gasteiger partial charge in [-0.1, -0.05) is 29.8 Å². The zero-order chi connectivity index (χ0) is 13.0. The first-order chi connectivity index (χ1) is 8.69. The maximum absolute atomic E-state index is 8.87. The van der Waals surface area contributed by atoms with Crippen LogP contribution in [-0.2, 0) is 6.54 Å². The summed E-state index contributed by atoms with van der Waals surface area (Å²) in [6, 6.07) is 16.5. The number of aryl methyl sites for hydroxylation is 2. The van der Waals surface area contributed by atoms with Gasteiger partial charge in [-0.3, -0.25) is 0 Å². The average Bonchev–Trinajstić information content (AvgIpc) is 2.38. The summed E-state index contributed by atoms with van der Waals surface area (Å²) in [5, 5.41) is 12.2. The summed E-state index contributed by atoms with van der Waals surface area (Å²) in [5.74, 6) is 0. The van der Waals surface area contributed by atoms with Crippen molar-refractivity contribution in [1.29, 1.82) is 5.26 Å². The minimum absolute atomic E-state index is 0.732. The summed E-state index contributed by atoms with van der Waals surface area (Å²) in [6.45, 7) is 4.84. The molecule has 0 aliphatic carbocycles. The highest BCUT2D eigenvalue weighted by Gasteiger charge is 1.99. The van der Waals surface area contributed by atoms with E-state index in [-0.39, 0.29) is 0 Å². The van der Waals surface area contributed by atoms with Crippen LogP contribution in [0.5, 0.6) is 0 Å². The normalized spacial score (nSPS) is 9.83. The molecule has 0 aliphatic heterocycles. The zero-order valence-electron chi connectivity index (χ0n) is 10.7. The molecule has 0 saturated carbocycles. The van der Waals surface area contributed by atoms with E-state index >= 15 is 0 Å². The number of nitrogens with zero attached hydrogens (tertiary/aromatic N) is 1. The van der Waals surface area contributed by atoms with Gasteiger partial charge in [0.1, 0.15) is 0 Å². The van der Waals surface area contributed by atoms with Crippen molar-refractivity contribution in [2.75, 3.05) is 5.32 Å². The second-order valence-electron chi connectivity index (χ2n) is 4.48. The number of hydrogen-bond acceptors (Lipinski definition) is 2.